The lowest BCUT2D eigenvalue weighted by atomic mass is 10.0. The molecule has 0 fully saturated rings. The number of carbonyl (C=O) groups excluding carboxylic acids is 3. The summed E-state index contributed by atoms with van der Waals surface area (Å²) >= 11 is 0. The molecule has 3 rings (SSSR count). The molecule has 1 N–H and O–H groups in total. The number of hydrogen-bond donors (Lipinski definition) is 1. The molecule has 0 aliphatic rings. The van der Waals surface area contributed by atoms with E-state index in [2.05, 4.69) is 5.32 Å². The van der Waals surface area contributed by atoms with Crippen molar-refractivity contribution in [2.45, 2.75) is 59.2 Å². The highest BCUT2D eigenvalue weighted by atomic mass is 32.2. The summed E-state index contributed by atoms with van der Waals surface area (Å²) in [6, 6.07) is 22.2. The summed E-state index contributed by atoms with van der Waals surface area (Å²) in [5, 5.41) is 3.01. The van der Waals surface area contributed by atoms with E-state index in [1.165, 1.54) is 17.9 Å². The number of nitrogens with one attached hydrogen (secondary N) is 1. The minimum absolute atomic E-state index is 0.107. The summed E-state index contributed by atoms with van der Waals surface area (Å²) in [6.45, 7) is 6.79. The number of nitrogens with zero attached hydrogens (tertiary/aromatic N) is 2. The Labute approximate surface area is 243 Å². The number of amides is 2. The van der Waals surface area contributed by atoms with Crippen LogP contribution < -0.4 is 9.62 Å². The molecular formula is C32H39N3O5S. The van der Waals surface area contributed by atoms with E-state index in [9.17, 15) is 22.8 Å². The molecule has 0 bridgehead atoms. The predicted molar refractivity (Wildman–Crippen MR) is 162 cm³/mol. The van der Waals surface area contributed by atoms with Gasteiger partial charge in [0.05, 0.1) is 11.9 Å². The van der Waals surface area contributed by atoms with Gasteiger partial charge in [0.15, 0.2) is 5.78 Å². The Bertz CT molecular complexity index is 1460. The summed E-state index contributed by atoms with van der Waals surface area (Å²) in [7, 11) is -3.92. The molecular weight excluding hydrogens is 538 g/mol. The molecule has 0 aromatic heterocycles. The van der Waals surface area contributed by atoms with Gasteiger partial charge in [0, 0.05) is 24.6 Å². The fourth-order valence-corrected chi connectivity index (χ4v) is 5.22. The molecule has 3 aromatic carbocycles. The van der Waals surface area contributed by atoms with E-state index in [0.717, 1.165) is 27.3 Å². The fraction of sp³-hybridized carbons (Fsp3) is 0.344. The highest BCUT2D eigenvalue weighted by Gasteiger charge is 2.33. The summed E-state index contributed by atoms with van der Waals surface area (Å²) in [6.07, 6.45) is 1.98. The van der Waals surface area contributed by atoms with E-state index >= 15 is 0 Å². The Balaban J connectivity index is 2.07. The van der Waals surface area contributed by atoms with Gasteiger partial charge in [-0.3, -0.25) is 18.7 Å². The first-order chi connectivity index (χ1) is 19.4. The first-order valence-electron chi connectivity index (χ1n) is 13.7. The van der Waals surface area contributed by atoms with E-state index in [1.54, 1.807) is 18.2 Å². The number of rotatable bonds is 13. The molecule has 0 aliphatic carbocycles. The monoisotopic (exact) mass is 577 g/mol. The normalized spacial score (nSPS) is 12.7. The SMILES string of the molecule is CC[C@@H](C)NC(=O)[C@H](Cc1ccccc1)N(Cc1ccc(C)cc1)C(=O)CN(c1cccc(C(C)=O)c1)S(C)(=O)=O. The third-order valence-corrected chi connectivity index (χ3v) is 8.11. The van der Waals surface area contributed by atoms with Gasteiger partial charge in [-0.05, 0) is 50.5 Å². The molecule has 0 aliphatic heterocycles. The van der Waals surface area contributed by atoms with Crippen molar-refractivity contribution < 1.29 is 22.8 Å². The van der Waals surface area contributed by atoms with Crippen LogP contribution in [-0.2, 0) is 32.6 Å². The highest BCUT2D eigenvalue weighted by molar-refractivity contribution is 7.92. The van der Waals surface area contributed by atoms with E-state index in [1.807, 2.05) is 75.4 Å². The molecule has 2 amide bonds. The zero-order chi connectivity index (χ0) is 30.2. The van der Waals surface area contributed by atoms with Crippen LogP contribution in [0, 0.1) is 6.92 Å². The molecule has 8 nitrogen and oxygen atoms in total. The lowest BCUT2D eigenvalue weighted by Gasteiger charge is -2.34. The quantitative estimate of drug-likeness (QED) is 0.301. The second-order valence-corrected chi connectivity index (χ2v) is 12.3. The number of Topliss-reactive ketones (excluding diaryl/α,β-unsaturated/α-hetero) is 1. The molecule has 0 saturated heterocycles. The maximum atomic E-state index is 14.1. The first kappa shape index (κ1) is 31.5. The van der Waals surface area contributed by atoms with Crippen LogP contribution in [0.15, 0.2) is 78.9 Å². The number of hydrogen-bond acceptors (Lipinski definition) is 5. The molecule has 0 spiro atoms. The average Bonchev–Trinajstić information content (AvgIpc) is 2.94. The van der Waals surface area contributed by atoms with Crippen molar-refractivity contribution in [2.75, 3.05) is 17.1 Å². The van der Waals surface area contributed by atoms with E-state index in [0.29, 0.717) is 12.0 Å². The van der Waals surface area contributed by atoms with Crippen molar-refractivity contribution >= 4 is 33.3 Å². The maximum Gasteiger partial charge on any atom is 0.244 e. The molecule has 41 heavy (non-hydrogen) atoms. The zero-order valence-corrected chi connectivity index (χ0v) is 25.1. The smallest absolute Gasteiger partial charge is 0.244 e. The third kappa shape index (κ3) is 9.01. The number of aryl methyl sites for hydroxylation is 1. The van der Waals surface area contributed by atoms with Crippen molar-refractivity contribution in [1.29, 1.82) is 0 Å². The van der Waals surface area contributed by atoms with Gasteiger partial charge >= 0.3 is 0 Å². The standard InChI is InChI=1S/C32H39N3O5S/c1-6-24(3)33-32(38)30(19-26-11-8-7-9-12-26)34(21-27-17-15-23(2)16-18-27)31(37)22-35(41(5,39)40)29-14-10-13-28(20-29)25(4)36/h7-18,20,24,30H,6,19,21-22H2,1-5H3,(H,33,38)/t24-,30+/m1/s1. The molecule has 0 heterocycles. The van der Waals surface area contributed by atoms with Crippen LogP contribution in [0.2, 0.25) is 0 Å². The minimum atomic E-state index is -3.92. The van der Waals surface area contributed by atoms with Crippen molar-refractivity contribution in [3.63, 3.8) is 0 Å². The van der Waals surface area contributed by atoms with Gasteiger partial charge in [0.1, 0.15) is 12.6 Å². The fourth-order valence-electron chi connectivity index (χ4n) is 4.38. The Morgan fingerprint density at radius 2 is 1.56 bits per heavy atom. The molecule has 0 radical (unpaired) electrons. The van der Waals surface area contributed by atoms with Gasteiger partial charge in [-0.15, -0.1) is 0 Å². The van der Waals surface area contributed by atoms with Crippen LogP contribution in [0.5, 0.6) is 0 Å². The summed E-state index contributed by atoms with van der Waals surface area (Å²) in [4.78, 5) is 41.3. The third-order valence-electron chi connectivity index (χ3n) is 6.97. The second kappa shape index (κ2) is 14.1. The van der Waals surface area contributed by atoms with Crippen LogP contribution in [0.1, 0.15) is 54.2 Å². The summed E-state index contributed by atoms with van der Waals surface area (Å²) in [5.41, 5.74) is 3.26. The summed E-state index contributed by atoms with van der Waals surface area (Å²) in [5.74, 6) is -1.07. The Hall–Kier alpha value is -3.98. The Morgan fingerprint density at radius 1 is 0.902 bits per heavy atom. The van der Waals surface area contributed by atoms with E-state index < -0.39 is 28.5 Å². The van der Waals surface area contributed by atoms with E-state index in [-0.39, 0.29) is 36.4 Å². The Morgan fingerprint density at radius 3 is 2.15 bits per heavy atom. The topological polar surface area (TPSA) is 104 Å². The van der Waals surface area contributed by atoms with Gasteiger partial charge in [-0.2, -0.15) is 0 Å². The van der Waals surface area contributed by atoms with Crippen LogP contribution >= 0.6 is 0 Å². The Kier molecular flexibility index (Phi) is 10.8. The van der Waals surface area contributed by atoms with Crippen molar-refractivity contribution in [1.82, 2.24) is 10.2 Å². The number of benzene rings is 3. The zero-order valence-electron chi connectivity index (χ0n) is 24.3. The lowest BCUT2D eigenvalue weighted by molar-refractivity contribution is -0.140. The number of carbonyl (C=O) groups is 3. The first-order valence-corrected chi connectivity index (χ1v) is 15.5. The van der Waals surface area contributed by atoms with Crippen molar-refractivity contribution in [3.8, 4) is 0 Å². The van der Waals surface area contributed by atoms with Crippen LogP contribution in [-0.4, -0.2) is 55.8 Å². The van der Waals surface area contributed by atoms with Gasteiger partial charge in [-0.25, -0.2) is 8.42 Å². The summed E-state index contributed by atoms with van der Waals surface area (Å²) < 4.78 is 26.9. The van der Waals surface area contributed by atoms with Gasteiger partial charge in [0.25, 0.3) is 0 Å². The lowest BCUT2D eigenvalue weighted by Crippen LogP contribution is -2.54. The second-order valence-electron chi connectivity index (χ2n) is 10.4. The molecule has 3 aromatic rings. The van der Waals surface area contributed by atoms with Gasteiger partial charge in [-0.1, -0.05) is 79.2 Å². The number of sulfonamides is 1. The number of ketones is 1. The maximum absolute atomic E-state index is 14.1. The average molecular weight is 578 g/mol. The highest BCUT2D eigenvalue weighted by Crippen LogP contribution is 2.22. The van der Waals surface area contributed by atoms with Crippen LogP contribution in [0.3, 0.4) is 0 Å². The molecule has 9 heteroatoms. The van der Waals surface area contributed by atoms with Gasteiger partial charge in [0.2, 0.25) is 21.8 Å². The molecule has 0 unspecified atom stereocenters. The molecule has 218 valence electrons. The molecule has 0 saturated carbocycles. The predicted octanol–water partition coefficient (Wildman–Crippen LogP) is 4.52. The van der Waals surface area contributed by atoms with E-state index in [4.69, 9.17) is 0 Å². The van der Waals surface area contributed by atoms with Crippen molar-refractivity contribution in [2.24, 2.45) is 0 Å². The minimum Gasteiger partial charge on any atom is -0.352 e. The largest absolute Gasteiger partial charge is 0.352 e. The molecule has 2 atom stereocenters. The van der Waals surface area contributed by atoms with Gasteiger partial charge < -0.3 is 10.2 Å². The van der Waals surface area contributed by atoms with Crippen LogP contribution in [0.25, 0.3) is 0 Å². The van der Waals surface area contributed by atoms with Crippen molar-refractivity contribution in [3.05, 3.63) is 101 Å². The van der Waals surface area contributed by atoms with Crippen LogP contribution in [0.4, 0.5) is 5.69 Å². The number of anilines is 1.